The topological polar surface area (TPSA) is 88.0 Å². The summed E-state index contributed by atoms with van der Waals surface area (Å²) in [4.78, 5) is 23.4. The number of ether oxygens (including phenoxy) is 1. The SMILES string of the molecule is C=CN=C/C(=C\CC)C(CCC)NC(=C/CC)/N=C(/C)C=C.CNC(=O)c1cccnc1.COC1=C(C)C=CC(C)=C=C1. The van der Waals surface area contributed by atoms with E-state index in [1.165, 1.54) is 11.8 Å². The molecule has 0 fully saturated rings. The van der Waals surface area contributed by atoms with E-state index in [-0.39, 0.29) is 11.9 Å². The van der Waals surface area contributed by atoms with E-state index in [9.17, 15) is 4.79 Å². The minimum Gasteiger partial charge on any atom is -0.496 e. The summed E-state index contributed by atoms with van der Waals surface area (Å²) in [6, 6.07) is 3.64. The Hall–Kier alpha value is -4.48. The standard InChI is InChI=1S/C19H31N3.C10H12O.C7H8N2O/c1-7-12-17(15-20-11-5)18(13-8-2)22-19(14-9-3)21-16(6)10-4;1-8-4-6-9(2)10(11-3)7-5-8;1-8-7(10)6-3-2-4-9-5-6/h10-12,14-15,18,22H,4-5,7-9,13H2,1-3,6H3;4,6-7H,1-3H3;2-5H,1H3,(H,8,10)/b17-12+,19-14+,20-15?,21-16-;;. The summed E-state index contributed by atoms with van der Waals surface area (Å²) in [5.41, 5.74) is 8.03. The zero-order valence-electron chi connectivity index (χ0n) is 27.4. The summed E-state index contributed by atoms with van der Waals surface area (Å²) in [7, 11) is 3.26. The summed E-state index contributed by atoms with van der Waals surface area (Å²) in [6.45, 7) is 19.8. The third-order valence-corrected chi connectivity index (χ3v) is 5.83. The van der Waals surface area contributed by atoms with Crippen molar-refractivity contribution in [1.82, 2.24) is 15.6 Å². The Kier molecular flexibility index (Phi) is 21.6. The highest BCUT2D eigenvalue weighted by atomic mass is 16.5. The second-order valence-corrected chi connectivity index (χ2v) is 9.39. The lowest BCUT2D eigenvalue weighted by Crippen LogP contribution is -2.31. The summed E-state index contributed by atoms with van der Waals surface area (Å²) in [5.74, 6) is 1.68. The van der Waals surface area contributed by atoms with Gasteiger partial charge in [0, 0.05) is 43.6 Å². The van der Waals surface area contributed by atoms with E-state index in [1.54, 1.807) is 44.8 Å². The average Bonchev–Trinajstić information content (AvgIpc) is 3.19. The smallest absolute Gasteiger partial charge is 0.252 e. The normalized spacial score (nSPS) is 14.0. The molecule has 1 aromatic rings. The van der Waals surface area contributed by atoms with E-state index in [0.717, 1.165) is 54.1 Å². The van der Waals surface area contributed by atoms with Crippen LogP contribution >= 0.6 is 0 Å². The Labute approximate surface area is 260 Å². The second kappa shape index (κ2) is 24.2. The molecule has 232 valence electrons. The van der Waals surface area contributed by atoms with Crippen molar-refractivity contribution < 1.29 is 9.53 Å². The Balaban J connectivity index is 0.000000692. The monoisotopic (exact) mass is 585 g/mol. The molecule has 0 bridgehead atoms. The van der Waals surface area contributed by atoms with E-state index in [0.29, 0.717) is 5.56 Å². The Morgan fingerprint density at radius 3 is 2.42 bits per heavy atom. The van der Waals surface area contributed by atoms with Gasteiger partial charge in [0.15, 0.2) is 0 Å². The molecule has 1 aromatic heterocycles. The fourth-order valence-electron chi connectivity index (χ4n) is 3.55. The van der Waals surface area contributed by atoms with Gasteiger partial charge in [-0.2, -0.15) is 0 Å². The van der Waals surface area contributed by atoms with Crippen molar-refractivity contribution in [2.24, 2.45) is 9.98 Å². The van der Waals surface area contributed by atoms with Gasteiger partial charge in [-0.15, -0.1) is 5.73 Å². The van der Waals surface area contributed by atoms with Gasteiger partial charge in [0.2, 0.25) is 0 Å². The maximum absolute atomic E-state index is 10.9. The zero-order chi connectivity index (χ0) is 32.5. The molecular formula is C36H51N5O2. The van der Waals surface area contributed by atoms with Crippen molar-refractivity contribution in [3.8, 4) is 0 Å². The van der Waals surface area contributed by atoms with Crippen molar-refractivity contribution in [3.63, 3.8) is 0 Å². The van der Waals surface area contributed by atoms with Crippen molar-refractivity contribution in [2.75, 3.05) is 14.2 Å². The van der Waals surface area contributed by atoms with Gasteiger partial charge in [-0.05, 0) is 81.0 Å². The van der Waals surface area contributed by atoms with Crippen LogP contribution in [0.5, 0.6) is 0 Å². The van der Waals surface area contributed by atoms with Crippen LogP contribution in [0.3, 0.4) is 0 Å². The van der Waals surface area contributed by atoms with Crippen LogP contribution in [0.25, 0.3) is 0 Å². The van der Waals surface area contributed by atoms with Gasteiger partial charge < -0.3 is 15.4 Å². The lowest BCUT2D eigenvalue weighted by Gasteiger charge is -2.21. The first kappa shape index (κ1) is 38.5. The largest absolute Gasteiger partial charge is 0.496 e. The molecule has 1 unspecified atom stereocenters. The van der Waals surface area contributed by atoms with Gasteiger partial charge in [-0.3, -0.25) is 14.8 Å². The lowest BCUT2D eigenvalue weighted by molar-refractivity contribution is 0.0962. The first-order valence-electron chi connectivity index (χ1n) is 14.7. The van der Waals surface area contributed by atoms with E-state index in [4.69, 9.17) is 4.74 Å². The number of pyridine rings is 1. The van der Waals surface area contributed by atoms with Crippen molar-refractivity contribution in [2.45, 2.75) is 73.3 Å². The number of methoxy groups -OCH3 is 1. The zero-order valence-corrected chi connectivity index (χ0v) is 27.4. The molecule has 2 N–H and O–H groups in total. The second-order valence-electron chi connectivity index (χ2n) is 9.39. The maximum Gasteiger partial charge on any atom is 0.252 e. The molecule has 2 rings (SSSR count). The summed E-state index contributed by atoms with van der Waals surface area (Å²) < 4.78 is 5.13. The molecule has 43 heavy (non-hydrogen) atoms. The maximum atomic E-state index is 10.9. The number of hydrogen-bond donors (Lipinski definition) is 2. The number of aliphatic imine (C=N–C) groups is 2. The third kappa shape index (κ3) is 17.2. The average molecular weight is 586 g/mol. The predicted octanol–water partition coefficient (Wildman–Crippen LogP) is 8.21. The van der Waals surface area contributed by atoms with Crippen molar-refractivity contribution in [3.05, 3.63) is 120 Å². The van der Waals surface area contributed by atoms with E-state index in [2.05, 4.69) is 77.4 Å². The van der Waals surface area contributed by atoms with Gasteiger partial charge in [0.25, 0.3) is 5.91 Å². The first-order valence-corrected chi connectivity index (χ1v) is 14.7. The Morgan fingerprint density at radius 2 is 1.88 bits per heavy atom. The van der Waals surface area contributed by atoms with Crippen LogP contribution in [0, 0.1) is 0 Å². The fraction of sp³-hybridized carbons (Fsp3) is 0.361. The summed E-state index contributed by atoms with van der Waals surface area (Å²) in [5, 5.41) is 6.05. The summed E-state index contributed by atoms with van der Waals surface area (Å²) in [6.07, 6.45) is 22.6. The van der Waals surface area contributed by atoms with Crippen LogP contribution in [0.4, 0.5) is 0 Å². The number of rotatable bonds is 13. The molecule has 1 aliphatic carbocycles. The van der Waals surface area contributed by atoms with Crippen molar-refractivity contribution >= 4 is 17.8 Å². The third-order valence-electron chi connectivity index (χ3n) is 5.83. The molecule has 0 aliphatic heterocycles. The minimum atomic E-state index is -0.104. The molecule has 1 aliphatic rings. The van der Waals surface area contributed by atoms with Crippen LogP contribution in [-0.2, 0) is 4.74 Å². The van der Waals surface area contributed by atoms with E-state index in [1.807, 2.05) is 45.2 Å². The molecule has 0 aromatic carbocycles. The number of nitrogens with zero attached hydrogens (tertiary/aromatic N) is 3. The van der Waals surface area contributed by atoms with Gasteiger partial charge in [0.1, 0.15) is 11.6 Å². The number of hydrogen-bond acceptors (Lipinski definition) is 6. The first-order chi connectivity index (χ1) is 20.7. The highest BCUT2D eigenvalue weighted by molar-refractivity contribution is 5.93. The number of aromatic nitrogens is 1. The van der Waals surface area contributed by atoms with Crippen molar-refractivity contribution in [1.29, 1.82) is 0 Å². The molecule has 7 heteroatoms. The Morgan fingerprint density at radius 1 is 1.16 bits per heavy atom. The van der Waals surface area contributed by atoms with Crippen LogP contribution in [0.2, 0.25) is 0 Å². The lowest BCUT2D eigenvalue weighted by atomic mass is 10.0. The van der Waals surface area contributed by atoms with Crippen LogP contribution in [-0.4, -0.2) is 43.0 Å². The van der Waals surface area contributed by atoms with Crippen LogP contribution in [0.15, 0.2) is 124 Å². The predicted molar refractivity (Wildman–Crippen MR) is 184 cm³/mol. The van der Waals surface area contributed by atoms with Crippen LogP contribution < -0.4 is 10.6 Å². The van der Waals surface area contributed by atoms with Gasteiger partial charge >= 0.3 is 0 Å². The van der Waals surface area contributed by atoms with Crippen LogP contribution in [0.1, 0.15) is 77.6 Å². The van der Waals surface area contributed by atoms with E-state index < -0.39 is 0 Å². The molecule has 1 amide bonds. The highest BCUT2D eigenvalue weighted by Gasteiger charge is 2.12. The minimum absolute atomic E-state index is 0.104. The molecule has 0 saturated carbocycles. The quantitative estimate of drug-likeness (QED) is 0.180. The number of amides is 1. The highest BCUT2D eigenvalue weighted by Crippen LogP contribution is 2.13. The summed E-state index contributed by atoms with van der Waals surface area (Å²) >= 11 is 0. The van der Waals surface area contributed by atoms with Gasteiger partial charge in [-0.1, -0.05) is 58.6 Å². The molecule has 0 radical (unpaired) electrons. The molecule has 1 heterocycles. The molecule has 0 spiro atoms. The number of allylic oxidation sites excluding steroid dienone is 7. The number of carbonyl (C=O) groups is 1. The molecule has 7 nitrogen and oxygen atoms in total. The molecule has 1 atom stereocenters. The number of nitrogens with one attached hydrogen (secondary N) is 2. The van der Waals surface area contributed by atoms with Gasteiger partial charge in [0.05, 0.1) is 18.7 Å². The van der Waals surface area contributed by atoms with Gasteiger partial charge in [-0.25, -0.2) is 4.99 Å². The molecule has 0 saturated heterocycles. The van der Waals surface area contributed by atoms with E-state index >= 15 is 0 Å². The fourth-order valence-corrected chi connectivity index (χ4v) is 3.55. The Bertz CT molecular complexity index is 1260. The molecular weight excluding hydrogens is 534 g/mol. The number of carbonyl (C=O) groups excluding carboxylic acids is 1.